The minimum Gasteiger partial charge on any atom is -0.370 e. The summed E-state index contributed by atoms with van der Waals surface area (Å²) in [5.74, 6) is 0.201. The molecule has 0 amide bonds. The zero-order chi connectivity index (χ0) is 10.2. The Morgan fingerprint density at radius 1 is 1.21 bits per heavy atom. The van der Waals surface area contributed by atoms with Gasteiger partial charge in [0.15, 0.2) is 5.96 Å². The fourth-order valence-electron chi connectivity index (χ4n) is 1.59. The number of aliphatic imine (C=N–C) groups is 1. The fraction of sp³-hybridized carbons (Fsp3) is 0.889. The molecule has 0 spiro atoms. The summed E-state index contributed by atoms with van der Waals surface area (Å²) in [6.45, 7) is 6.50. The van der Waals surface area contributed by atoms with Crippen LogP contribution in [0.15, 0.2) is 4.99 Å². The number of guanidine groups is 1. The molecule has 1 aliphatic heterocycles. The van der Waals surface area contributed by atoms with Crippen LogP contribution in [0.5, 0.6) is 0 Å². The van der Waals surface area contributed by atoms with Crippen molar-refractivity contribution in [1.82, 2.24) is 10.2 Å². The first-order valence-corrected chi connectivity index (χ1v) is 5.27. The van der Waals surface area contributed by atoms with Gasteiger partial charge in [0.05, 0.1) is 0 Å². The van der Waals surface area contributed by atoms with Gasteiger partial charge in [0.25, 0.3) is 0 Å². The van der Waals surface area contributed by atoms with Crippen LogP contribution in [0.2, 0.25) is 0 Å². The lowest BCUT2D eigenvalue weighted by atomic mass is 10.2. The maximum Gasteiger partial charge on any atom is 0.185 e. The third kappa shape index (κ3) is 5.04. The summed E-state index contributed by atoms with van der Waals surface area (Å²) in [5.41, 5.74) is 10.5. The lowest BCUT2D eigenvalue weighted by molar-refractivity contribution is 0.237. The molecule has 0 aromatic rings. The molecule has 1 heterocycles. The molecule has 1 saturated heterocycles. The Balaban J connectivity index is 1.95. The average Bonchev–Trinajstić information content (AvgIpc) is 2.18. The molecule has 0 atom stereocenters. The molecule has 0 saturated carbocycles. The van der Waals surface area contributed by atoms with Gasteiger partial charge in [0.2, 0.25) is 0 Å². The highest BCUT2D eigenvalue weighted by molar-refractivity contribution is 5.75. The van der Waals surface area contributed by atoms with Crippen molar-refractivity contribution in [2.75, 3.05) is 39.3 Å². The van der Waals surface area contributed by atoms with Gasteiger partial charge in [-0.05, 0) is 19.4 Å². The zero-order valence-electron chi connectivity index (χ0n) is 8.71. The Hall–Kier alpha value is -0.810. The van der Waals surface area contributed by atoms with E-state index in [0.29, 0.717) is 0 Å². The van der Waals surface area contributed by atoms with Crippen molar-refractivity contribution in [3.63, 3.8) is 0 Å². The van der Waals surface area contributed by atoms with Gasteiger partial charge in [-0.2, -0.15) is 0 Å². The molecule has 0 bridgehead atoms. The summed E-state index contributed by atoms with van der Waals surface area (Å²) < 4.78 is 0. The van der Waals surface area contributed by atoms with Crippen LogP contribution < -0.4 is 16.8 Å². The van der Waals surface area contributed by atoms with Gasteiger partial charge in [-0.25, -0.2) is 0 Å². The average molecular weight is 199 g/mol. The molecular formula is C9H21N5. The molecule has 1 aliphatic rings. The first-order chi connectivity index (χ1) is 6.79. The van der Waals surface area contributed by atoms with Crippen molar-refractivity contribution >= 4 is 5.96 Å². The maximum absolute atomic E-state index is 5.23. The van der Waals surface area contributed by atoms with Crippen molar-refractivity contribution in [1.29, 1.82) is 0 Å². The normalized spacial score (nSPS) is 18.0. The molecular weight excluding hydrogens is 178 g/mol. The van der Waals surface area contributed by atoms with Gasteiger partial charge in [0, 0.05) is 32.7 Å². The summed E-state index contributed by atoms with van der Waals surface area (Å²) in [5, 5.41) is 3.33. The predicted molar refractivity (Wildman–Crippen MR) is 59.2 cm³/mol. The molecule has 5 heteroatoms. The molecule has 0 unspecified atom stereocenters. The Labute approximate surface area is 85.5 Å². The van der Waals surface area contributed by atoms with E-state index in [1.165, 1.54) is 26.1 Å². The first-order valence-electron chi connectivity index (χ1n) is 5.27. The molecule has 0 radical (unpaired) electrons. The number of nitrogens with one attached hydrogen (secondary N) is 1. The SMILES string of the molecule is NC(N)=NCCCCN1CCNCC1. The third-order valence-electron chi connectivity index (χ3n) is 2.39. The van der Waals surface area contributed by atoms with Gasteiger partial charge >= 0.3 is 0 Å². The largest absolute Gasteiger partial charge is 0.370 e. The van der Waals surface area contributed by atoms with Crippen LogP contribution >= 0.6 is 0 Å². The van der Waals surface area contributed by atoms with E-state index in [0.717, 1.165) is 26.1 Å². The molecule has 0 aromatic heterocycles. The minimum atomic E-state index is 0.201. The Bertz CT molecular complexity index is 170. The quantitative estimate of drug-likeness (QED) is 0.300. The molecule has 82 valence electrons. The van der Waals surface area contributed by atoms with E-state index in [9.17, 15) is 0 Å². The lowest BCUT2D eigenvalue weighted by Crippen LogP contribution is -2.43. The topological polar surface area (TPSA) is 79.7 Å². The van der Waals surface area contributed by atoms with Crippen LogP contribution in [-0.2, 0) is 0 Å². The van der Waals surface area contributed by atoms with Gasteiger partial charge in [-0.1, -0.05) is 0 Å². The molecule has 14 heavy (non-hydrogen) atoms. The van der Waals surface area contributed by atoms with Gasteiger partial charge in [-0.15, -0.1) is 0 Å². The summed E-state index contributed by atoms with van der Waals surface area (Å²) >= 11 is 0. The molecule has 5 N–H and O–H groups in total. The van der Waals surface area contributed by atoms with Crippen LogP contribution in [0.1, 0.15) is 12.8 Å². The van der Waals surface area contributed by atoms with Crippen LogP contribution in [0.4, 0.5) is 0 Å². The highest BCUT2D eigenvalue weighted by Gasteiger charge is 2.07. The first kappa shape index (κ1) is 11.3. The Morgan fingerprint density at radius 2 is 1.93 bits per heavy atom. The number of nitrogens with zero attached hydrogens (tertiary/aromatic N) is 2. The number of rotatable bonds is 5. The van der Waals surface area contributed by atoms with E-state index in [-0.39, 0.29) is 5.96 Å². The smallest absolute Gasteiger partial charge is 0.185 e. The zero-order valence-corrected chi connectivity index (χ0v) is 8.71. The molecule has 1 fully saturated rings. The van der Waals surface area contributed by atoms with Crippen LogP contribution in [0.25, 0.3) is 0 Å². The standard InChI is InChI=1S/C9H21N5/c10-9(11)13-3-1-2-6-14-7-4-12-5-8-14/h12H,1-8H2,(H4,10,11,13). The van der Waals surface area contributed by atoms with E-state index in [1.807, 2.05) is 0 Å². The molecule has 1 rings (SSSR count). The summed E-state index contributed by atoms with van der Waals surface area (Å²) in [6, 6.07) is 0. The van der Waals surface area contributed by atoms with Gasteiger partial charge < -0.3 is 21.7 Å². The number of hydrogen-bond donors (Lipinski definition) is 3. The highest BCUT2D eigenvalue weighted by atomic mass is 15.2. The van der Waals surface area contributed by atoms with Crippen molar-refractivity contribution in [3.8, 4) is 0 Å². The molecule has 0 aliphatic carbocycles. The monoisotopic (exact) mass is 199 g/mol. The maximum atomic E-state index is 5.23. The van der Waals surface area contributed by atoms with Crippen molar-refractivity contribution in [3.05, 3.63) is 0 Å². The van der Waals surface area contributed by atoms with Crippen molar-refractivity contribution in [2.24, 2.45) is 16.5 Å². The summed E-state index contributed by atoms with van der Waals surface area (Å²) in [4.78, 5) is 6.43. The minimum absolute atomic E-state index is 0.201. The second-order valence-electron chi connectivity index (χ2n) is 3.61. The summed E-state index contributed by atoms with van der Waals surface area (Å²) in [6.07, 6.45) is 2.25. The number of nitrogens with two attached hydrogens (primary N) is 2. The fourth-order valence-corrected chi connectivity index (χ4v) is 1.59. The van der Waals surface area contributed by atoms with Crippen LogP contribution in [0.3, 0.4) is 0 Å². The van der Waals surface area contributed by atoms with Gasteiger partial charge in [0.1, 0.15) is 0 Å². The Morgan fingerprint density at radius 3 is 2.57 bits per heavy atom. The van der Waals surface area contributed by atoms with E-state index >= 15 is 0 Å². The second-order valence-corrected chi connectivity index (χ2v) is 3.61. The highest BCUT2D eigenvalue weighted by Crippen LogP contribution is 1.97. The van der Waals surface area contributed by atoms with E-state index in [1.54, 1.807) is 0 Å². The van der Waals surface area contributed by atoms with E-state index in [2.05, 4.69) is 15.2 Å². The predicted octanol–water partition coefficient (Wildman–Crippen LogP) is -1.05. The molecule has 0 aromatic carbocycles. The molecule has 5 nitrogen and oxygen atoms in total. The van der Waals surface area contributed by atoms with Crippen LogP contribution in [0, 0.1) is 0 Å². The second kappa shape index (κ2) is 6.62. The van der Waals surface area contributed by atoms with E-state index in [4.69, 9.17) is 11.5 Å². The van der Waals surface area contributed by atoms with Crippen molar-refractivity contribution < 1.29 is 0 Å². The van der Waals surface area contributed by atoms with Gasteiger partial charge in [-0.3, -0.25) is 4.99 Å². The van der Waals surface area contributed by atoms with Crippen LogP contribution in [-0.4, -0.2) is 50.1 Å². The van der Waals surface area contributed by atoms with E-state index < -0.39 is 0 Å². The lowest BCUT2D eigenvalue weighted by Gasteiger charge is -2.26. The Kier molecular flexibility index (Phi) is 5.32. The number of hydrogen-bond acceptors (Lipinski definition) is 3. The van der Waals surface area contributed by atoms with Crippen molar-refractivity contribution in [2.45, 2.75) is 12.8 Å². The third-order valence-corrected chi connectivity index (χ3v) is 2.39. The number of piperazine rings is 1. The number of unbranched alkanes of at least 4 members (excludes halogenated alkanes) is 1. The summed E-state index contributed by atoms with van der Waals surface area (Å²) in [7, 11) is 0.